The molecule has 0 aliphatic rings. The summed E-state index contributed by atoms with van der Waals surface area (Å²) in [7, 11) is -2.66. The number of nitrogens with zero attached hydrogens (tertiary/aromatic N) is 2. The van der Waals surface area contributed by atoms with Gasteiger partial charge in [0, 0.05) is 24.5 Å². The molecule has 0 unspecified atom stereocenters. The summed E-state index contributed by atoms with van der Waals surface area (Å²) in [5, 5.41) is 3.36. The maximum atomic E-state index is 14.6. The van der Waals surface area contributed by atoms with E-state index in [1.54, 1.807) is 49.6 Å². The fourth-order valence-corrected chi connectivity index (χ4v) is 6.53. The van der Waals surface area contributed by atoms with Crippen molar-refractivity contribution in [3.8, 4) is 5.75 Å². The molecule has 0 fully saturated rings. The monoisotopic (exact) mass is 661 g/mol. The van der Waals surface area contributed by atoms with Crippen LogP contribution in [0.1, 0.15) is 30.5 Å². The first kappa shape index (κ1) is 34.5. The molecule has 0 heterocycles. The average molecular weight is 662 g/mol. The van der Waals surface area contributed by atoms with Gasteiger partial charge in [0.2, 0.25) is 11.8 Å². The first-order chi connectivity index (χ1) is 22.0. The number of ether oxygens (including phenoxy) is 1. The van der Waals surface area contributed by atoms with Crippen LogP contribution in [0.2, 0.25) is 5.02 Å². The highest BCUT2D eigenvalue weighted by Gasteiger charge is 2.34. The predicted molar refractivity (Wildman–Crippen MR) is 182 cm³/mol. The fourth-order valence-electron chi connectivity index (χ4n) is 4.93. The number of sulfonamides is 1. The van der Waals surface area contributed by atoms with Crippen molar-refractivity contribution in [2.24, 2.45) is 5.92 Å². The number of amides is 2. The lowest BCUT2D eigenvalue weighted by atomic mass is 10.0. The number of methoxy groups -OCH3 is 1. The number of rotatable bonds is 14. The van der Waals surface area contributed by atoms with Crippen molar-refractivity contribution < 1.29 is 22.7 Å². The Morgan fingerprint density at radius 1 is 0.870 bits per heavy atom. The second-order valence-electron chi connectivity index (χ2n) is 11.5. The second kappa shape index (κ2) is 15.8. The van der Waals surface area contributed by atoms with Crippen molar-refractivity contribution >= 4 is 39.1 Å². The van der Waals surface area contributed by atoms with E-state index in [0.717, 1.165) is 21.0 Å². The third-order valence-electron chi connectivity index (χ3n) is 7.50. The maximum Gasteiger partial charge on any atom is 0.264 e. The molecule has 4 aromatic carbocycles. The van der Waals surface area contributed by atoms with Gasteiger partial charge in [0.05, 0.1) is 17.7 Å². The zero-order valence-electron chi connectivity index (χ0n) is 26.5. The molecule has 0 aliphatic carbocycles. The molecule has 2 amide bonds. The van der Waals surface area contributed by atoms with E-state index in [0.29, 0.717) is 17.3 Å². The first-order valence-electron chi connectivity index (χ1n) is 15.1. The lowest BCUT2D eigenvalue weighted by Gasteiger charge is -2.34. The van der Waals surface area contributed by atoms with Gasteiger partial charge in [-0.2, -0.15) is 0 Å². The number of halogens is 1. The van der Waals surface area contributed by atoms with Gasteiger partial charge in [-0.3, -0.25) is 13.9 Å². The van der Waals surface area contributed by atoms with Crippen LogP contribution in [0.4, 0.5) is 5.69 Å². The molecule has 242 valence electrons. The second-order valence-corrected chi connectivity index (χ2v) is 13.7. The number of hydrogen-bond donors (Lipinski definition) is 1. The highest BCUT2D eigenvalue weighted by atomic mass is 35.5. The molecule has 0 aliphatic heterocycles. The van der Waals surface area contributed by atoms with Crippen LogP contribution in [0.3, 0.4) is 0 Å². The van der Waals surface area contributed by atoms with Gasteiger partial charge in [0.25, 0.3) is 10.0 Å². The average Bonchev–Trinajstić information content (AvgIpc) is 3.06. The van der Waals surface area contributed by atoms with Crippen molar-refractivity contribution in [2.75, 3.05) is 24.5 Å². The molecule has 8 nitrogen and oxygen atoms in total. The van der Waals surface area contributed by atoms with E-state index >= 15 is 0 Å². The van der Waals surface area contributed by atoms with Gasteiger partial charge >= 0.3 is 0 Å². The van der Waals surface area contributed by atoms with Gasteiger partial charge in [-0.05, 0) is 65.9 Å². The summed E-state index contributed by atoms with van der Waals surface area (Å²) in [5.74, 6) is -0.109. The summed E-state index contributed by atoms with van der Waals surface area (Å²) in [6.07, 6.45) is 0.224. The van der Waals surface area contributed by atoms with E-state index in [-0.39, 0.29) is 35.4 Å². The molecule has 46 heavy (non-hydrogen) atoms. The number of anilines is 1. The first-order valence-corrected chi connectivity index (χ1v) is 16.9. The Kier molecular flexibility index (Phi) is 11.8. The smallest absolute Gasteiger partial charge is 0.264 e. The molecule has 4 aromatic rings. The summed E-state index contributed by atoms with van der Waals surface area (Å²) >= 11 is 6.45. The van der Waals surface area contributed by atoms with Crippen molar-refractivity contribution in [2.45, 2.75) is 44.7 Å². The van der Waals surface area contributed by atoms with Gasteiger partial charge in [0.1, 0.15) is 18.3 Å². The normalized spacial score (nSPS) is 12.0. The predicted octanol–water partition coefficient (Wildman–Crippen LogP) is 6.26. The molecule has 0 saturated carbocycles. The molecule has 0 radical (unpaired) electrons. The number of carbonyl (C=O) groups excluding carboxylic acids is 2. The van der Waals surface area contributed by atoms with Crippen LogP contribution in [0.15, 0.2) is 108 Å². The van der Waals surface area contributed by atoms with E-state index in [9.17, 15) is 18.0 Å². The van der Waals surface area contributed by atoms with E-state index in [4.69, 9.17) is 16.3 Å². The quantitative estimate of drug-likeness (QED) is 0.172. The summed E-state index contributed by atoms with van der Waals surface area (Å²) in [6, 6.07) is 28.5. The highest BCUT2D eigenvalue weighted by Crippen LogP contribution is 2.29. The third kappa shape index (κ3) is 8.89. The van der Waals surface area contributed by atoms with Crippen LogP contribution in [-0.4, -0.2) is 51.4 Å². The molecule has 10 heteroatoms. The van der Waals surface area contributed by atoms with Crippen molar-refractivity contribution in [3.63, 3.8) is 0 Å². The van der Waals surface area contributed by atoms with Crippen LogP contribution in [0.25, 0.3) is 0 Å². The van der Waals surface area contributed by atoms with Crippen LogP contribution in [0, 0.1) is 12.8 Å². The summed E-state index contributed by atoms with van der Waals surface area (Å²) < 4.78 is 34.7. The Hall–Kier alpha value is -4.34. The van der Waals surface area contributed by atoms with E-state index in [1.807, 2.05) is 63.2 Å². The Balaban J connectivity index is 1.82. The van der Waals surface area contributed by atoms with E-state index < -0.39 is 28.5 Å². The number of nitrogens with one attached hydrogen (secondary N) is 1. The topological polar surface area (TPSA) is 96.0 Å². The van der Waals surface area contributed by atoms with E-state index in [1.165, 1.54) is 23.1 Å². The molecular weight excluding hydrogens is 622 g/mol. The summed E-state index contributed by atoms with van der Waals surface area (Å²) in [5.41, 5.74) is 2.57. The number of benzene rings is 4. The minimum atomic E-state index is -4.22. The number of hydrogen-bond acceptors (Lipinski definition) is 5. The number of aryl methyl sites for hydroxylation is 1. The molecule has 0 bridgehead atoms. The van der Waals surface area contributed by atoms with Gasteiger partial charge < -0.3 is 15.0 Å². The minimum Gasteiger partial charge on any atom is -0.497 e. The summed E-state index contributed by atoms with van der Waals surface area (Å²) in [6.45, 7) is 5.68. The fraction of sp³-hybridized carbons (Fsp3) is 0.278. The largest absolute Gasteiger partial charge is 0.497 e. The van der Waals surface area contributed by atoms with Gasteiger partial charge in [-0.25, -0.2) is 8.42 Å². The Morgan fingerprint density at radius 3 is 2.15 bits per heavy atom. The van der Waals surface area contributed by atoms with Crippen molar-refractivity contribution in [1.29, 1.82) is 0 Å². The van der Waals surface area contributed by atoms with Crippen LogP contribution < -0.4 is 14.4 Å². The highest BCUT2D eigenvalue weighted by molar-refractivity contribution is 7.92. The van der Waals surface area contributed by atoms with Crippen LogP contribution in [-0.2, 0) is 32.6 Å². The minimum absolute atomic E-state index is 0.0226. The molecule has 0 saturated heterocycles. The van der Waals surface area contributed by atoms with Gasteiger partial charge in [-0.15, -0.1) is 0 Å². The standard InChI is InChI=1S/C36H40ClN3O5S/c1-26(2)23-38-36(42)34(21-28-12-7-5-8-13-28)39(24-29-14-11-15-31(20-29)45-4)35(41)25-40(30-19-18-27(3)33(37)22-30)46(43,44)32-16-9-6-10-17-32/h5-20,22,26,34H,21,23-25H2,1-4H3,(H,38,42)/t34-/m0/s1. The molecule has 4 rings (SSSR count). The van der Waals surface area contributed by atoms with Gasteiger partial charge in [0.15, 0.2) is 0 Å². The Morgan fingerprint density at radius 2 is 1.52 bits per heavy atom. The zero-order chi connectivity index (χ0) is 33.3. The van der Waals surface area contributed by atoms with Crippen molar-refractivity contribution in [1.82, 2.24) is 10.2 Å². The molecule has 1 N–H and O–H groups in total. The summed E-state index contributed by atoms with van der Waals surface area (Å²) in [4.78, 5) is 29.9. The SMILES string of the molecule is COc1cccc(CN(C(=O)CN(c2ccc(C)c(Cl)c2)S(=O)(=O)c2ccccc2)[C@@H](Cc2ccccc2)C(=O)NCC(C)C)c1. The molecular formula is C36H40ClN3O5S. The maximum absolute atomic E-state index is 14.6. The molecule has 0 aromatic heterocycles. The number of carbonyl (C=O) groups is 2. The van der Waals surface area contributed by atoms with Gasteiger partial charge in [-0.1, -0.05) is 92.2 Å². The van der Waals surface area contributed by atoms with E-state index in [2.05, 4.69) is 5.32 Å². The van der Waals surface area contributed by atoms with Crippen LogP contribution in [0.5, 0.6) is 5.75 Å². The Bertz CT molecular complexity index is 1730. The Labute approximate surface area is 277 Å². The third-order valence-corrected chi connectivity index (χ3v) is 9.69. The van der Waals surface area contributed by atoms with Crippen molar-refractivity contribution in [3.05, 3.63) is 125 Å². The lowest BCUT2D eigenvalue weighted by molar-refractivity contribution is -0.140. The lowest BCUT2D eigenvalue weighted by Crippen LogP contribution is -2.53. The molecule has 1 atom stereocenters. The molecule has 0 spiro atoms. The van der Waals surface area contributed by atoms with Crippen LogP contribution >= 0.6 is 11.6 Å². The zero-order valence-corrected chi connectivity index (χ0v) is 28.1.